The van der Waals surface area contributed by atoms with Crippen molar-refractivity contribution in [1.29, 1.82) is 0 Å². The number of rotatable bonds is 3. The smallest absolute Gasteiger partial charge is 0.165 e. The minimum Gasteiger partial charge on any atom is -0.292 e. The van der Waals surface area contributed by atoms with E-state index < -0.39 is 0 Å². The van der Waals surface area contributed by atoms with Crippen LogP contribution in [-0.2, 0) is 6.42 Å². The van der Waals surface area contributed by atoms with Crippen molar-refractivity contribution in [2.24, 2.45) is 0 Å². The first-order valence-corrected chi connectivity index (χ1v) is 25.7. The van der Waals surface area contributed by atoms with Crippen molar-refractivity contribution in [3.63, 3.8) is 0 Å². The third-order valence-corrected chi connectivity index (χ3v) is 14.8. The second kappa shape index (κ2) is 20.3. The molecule has 0 amide bonds. The second-order valence-electron chi connectivity index (χ2n) is 19.0. The zero-order chi connectivity index (χ0) is 49.8. The van der Waals surface area contributed by atoms with E-state index in [0.29, 0.717) is 5.15 Å². The maximum absolute atomic E-state index is 6.16. The zero-order valence-electron chi connectivity index (χ0n) is 41.1. The fourth-order valence-corrected chi connectivity index (χ4v) is 11.5. The van der Waals surface area contributed by atoms with Gasteiger partial charge in [0.05, 0.1) is 33.4 Å². The van der Waals surface area contributed by atoms with Gasteiger partial charge in [0.15, 0.2) is 11.0 Å². The molecule has 0 N–H and O–H groups in total. The Kier molecular flexibility index (Phi) is 12.8. The Bertz CT molecular complexity index is 4540. The molecule has 0 fully saturated rings. The van der Waals surface area contributed by atoms with E-state index in [1.807, 2.05) is 84.9 Å². The van der Waals surface area contributed by atoms with Crippen molar-refractivity contribution in [1.82, 2.24) is 19.9 Å². The van der Waals surface area contributed by atoms with Gasteiger partial charge in [-0.25, -0.2) is 19.9 Å². The minimum absolute atomic E-state index is 0. The molecule has 2 aliphatic rings. The molecular formula is C70H48BClN5. The normalized spacial score (nSPS) is 11.7. The summed E-state index contributed by atoms with van der Waals surface area (Å²) in [6.45, 7) is 0. The van der Waals surface area contributed by atoms with Gasteiger partial charge in [0.1, 0.15) is 11.4 Å². The molecule has 3 heterocycles. The molecule has 7 heteroatoms. The number of hydrogen-bond donors (Lipinski definition) is 0. The number of para-hydroxylation sites is 4. The molecule has 0 spiro atoms. The Labute approximate surface area is 454 Å². The van der Waals surface area contributed by atoms with Gasteiger partial charge in [-0.2, -0.15) is 0 Å². The van der Waals surface area contributed by atoms with Crippen LogP contribution in [0, 0.1) is 0 Å². The first-order valence-electron chi connectivity index (χ1n) is 25.3. The van der Waals surface area contributed by atoms with Gasteiger partial charge in [-0.05, 0) is 108 Å². The Morgan fingerprint density at radius 2 is 0.805 bits per heavy atom. The van der Waals surface area contributed by atoms with Crippen LogP contribution in [0.1, 0.15) is 18.6 Å². The molecular weight excluding hydrogens is 957 g/mol. The number of hydrogen-bond acceptors (Lipinski definition) is 5. The molecule has 12 aromatic carbocycles. The predicted molar refractivity (Wildman–Crippen MR) is 326 cm³/mol. The lowest BCUT2D eigenvalue weighted by atomic mass is 9.81. The highest BCUT2D eigenvalue weighted by molar-refractivity contribution is 6.32. The van der Waals surface area contributed by atoms with E-state index >= 15 is 0 Å². The lowest BCUT2D eigenvalue weighted by molar-refractivity contribution is 1.18. The summed E-state index contributed by atoms with van der Waals surface area (Å²) in [5.41, 5.74) is 17.5. The van der Waals surface area contributed by atoms with Crippen LogP contribution in [0.5, 0.6) is 0 Å². The summed E-state index contributed by atoms with van der Waals surface area (Å²) in [5, 5.41) is 10.8. The van der Waals surface area contributed by atoms with E-state index in [2.05, 4.69) is 185 Å². The van der Waals surface area contributed by atoms with Crippen LogP contribution >= 0.6 is 11.6 Å². The van der Waals surface area contributed by atoms with E-state index in [-0.39, 0.29) is 15.8 Å². The molecule has 16 rings (SSSR count). The summed E-state index contributed by atoms with van der Waals surface area (Å²) >= 11 is 6.16. The summed E-state index contributed by atoms with van der Waals surface area (Å²) < 4.78 is 0. The molecule has 5 nitrogen and oxygen atoms in total. The molecule has 1 aliphatic carbocycles. The second-order valence-corrected chi connectivity index (χ2v) is 19.3. The molecule has 0 saturated heterocycles. The van der Waals surface area contributed by atoms with Gasteiger partial charge >= 0.3 is 0 Å². The van der Waals surface area contributed by atoms with Crippen molar-refractivity contribution in [3.05, 3.63) is 271 Å². The number of halogens is 1. The standard InChI is InChI=1S/C34H21N3.C21H14.C14H9ClN2.CH4.B/c1-2-11-24(12-3-1)33-34(36-28-18-7-6-17-27(28)35-33)37-29-19-9-14-23-13-8-16-26(31(23)29)32-25-15-5-4-10-22(25)20-21-30(32)37;1-2-9-18-14(5-1)11-12-17-13-16-8-3-6-15-7-4-10-19(20(15)16)21(17)18;15-14-13(10-6-2-1-3-7-10)16-11-8-4-5-9-12(11)17-14;;/h1-21H;1-12H,13H2;1-9H;1H4;. The van der Waals surface area contributed by atoms with Gasteiger partial charge in [-0.1, -0.05) is 237 Å². The summed E-state index contributed by atoms with van der Waals surface area (Å²) in [7, 11) is 0. The summed E-state index contributed by atoms with van der Waals surface area (Å²) in [6, 6.07) is 88.9. The topological polar surface area (TPSA) is 54.8 Å². The van der Waals surface area contributed by atoms with Crippen molar-refractivity contribution >= 4 is 102 Å². The lowest BCUT2D eigenvalue weighted by Crippen LogP contribution is -2.18. The number of fused-ring (bicyclic) bond motifs is 10. The maximum Gasteiger partial charge on any atom is 0.165 e. The van der Waals surface area contributed by atoms with E-state index in [9.17, 15) is 0 Å². The number of aromatic nitrogens is 4. The SMILES string of the molecule is C.Clc1nc2ccccc2nc1-c1ccccc1.[B].c1ccc(-c2nc3ccccc3nc2N2c3ccc4ccccc4c3-c3cccc4cccc2c34)cc1.c1ccc2c3c(ccc2c1)Cc1cccc2cccc-3c12. The van der Waals surface area contributed by atoms with Crippen molar-refractivity contribution < 1.29 is 0 Å². The van der Waals surface area contributed by atoms with Crippen molar-refractivity contribution in [3.8, 4) is 44.8 Å². The summed E-state index contributed by atoms with van der Waals surface area (Å²) in [5.74, 6) is 0.837. The number of anilines is 3. The average molecular weight is 1010 g/mol. The van der Waals surface area contributed by atoms with Crippen molar-refractivity contribution in [2.45, 2.75) is 13.8 Å². The molecule has 3 radical (unpaired) electrons. The quantitative estimate of drug-likeness (QED) is 0.165. The van der Waals surface area contributed by atoms with E-state index in [4.69, 9.17) is 21.6 Å². The first kappa shape index (κ1) is 48.5. The van der Waals surface area contributed by atoms with Crippen LogP contribution in [0.3, 0.4) is 0 Å². The highest BCUT2D eigenvalue weighted by Crippen LogP contribution is 2.54. The van der Waals surface area contributed by atoms with E-state index in [1.54, 1.807) is 0 Å². The molecule has 0 unspecified atom stereocenters. The van der Waals surface area contributed by atoms with Gasteiger partial charge in [-0.15, -0.1) is 0 Å². The van der Waals surface area contributed by atoms with Gasteiger partial charge in [0.25, 0.3) is 0 Å². The molecule has 363 valence electrons. The third kappa shape index (κ3) is 8.50. The van der Waals surface area contributed by atoms with Crippen molar-refractivity contribution in [2.75, 3.05) is 4.90 Å². The maximum atomic E-state index is 6.16. The Hall–Kier alpha value is -9.49. The summed E-state index contributed by atoms with van der Waals surface area (Å²) in [6.07, 6.45) is 1.04. The van der Waals surface area contributed by atoms with E-state index in [0.717, 1.165) is 68.2 Å². The van der Waals surface area contributed by atoms with Crippen LogP contribution in [0.2, 0.25) is 5.15 Å². The Balaban J connectivity index is 0.000000126. The van der Waals surface area contributed by atoms with Gasteiger partial charge in [0.2, 0.25) is 0 Å². The van der Waals surface area contributed by atoms with Crippen LogP contribution in [0.4, 0.5) is 17.2 Å². The minimum atomic E-state index is 0. The monoisotopic (exact) mass is 1000 g/mol. The summed E-state index contributed by atoms with van der Waals surface area (Å²) in [4.78, 5) is 21.7. The van der Waals surface area contributed by atoms with Crippen LogP contribution in [-0.4, -0.2) is 28.3 Å². The first-order chi connectivity index (χ1) is 37.1. The van der Waals surface area contributed by atoms with Gasteiger partial charge in [0, 0.05) is 30.5 Å². The molecule has 0 saturated carbocycles. The highest BCUT2D eigenvalue weighted by Gasteiger charge is 2.31. The molecule has 0 atom stereocenters. The number of nitrogens with zero attached hydrogens (tertiary/aromatic N) is 5. The van der Waals surface area contributed by atoms with Gasteiger partial charge in [-0.3, -0.25) is 4.90 Å². The lowest BCUT2D eigenvalue weighted by Gasteiger charge is -2.34. The highest BCUT2D eigenvalue weighted by atomic mass is 35.5. The van der Waals surface area contributed by atoms with Crippen LogP contribution < -0.4 is 4.90 Å². The fraction of sp³-hybridized carbons (Fsp3) is 0.0286. The number of benzene rings is 12. The van der Waals surface area contributed by atoms with E-state index in [1.165, 1.54) is 76.5 Å². The Morgan fingerprint density at radius 1 is 0.338 bits per heavy atom. The zero-order valence-corrected chi connectivity index (χ0v) is 41.9. The largest absolute Gasteiger partial charge is 0.292 e. The molecule has 77 heavy (non-hydrogen) atoms. The predicted octanol–water partition coefficient (Wildman–Crippen LogP) is 18.8. The third-order valence-electron chi connectivity index (χ3n) is 14.6. The fourth-order valence-electron chi connectivity index (χ4n) is 11.3. The Morgan fingerprint density at radius 3 is 1.45 bits per heavy atom. The molecule has 1 aliphatic heterocycles. The molecule has 2 aromatic heterocycles. The average Bonchev–Trinajstić information content (AvgIpc) is 3.55. The van der Waals surface area contributed by atoms with Crippen LogP contribution in [0.25, 0.3) is 110 Å². The van der Waals surface area contributed by atoms with Crippen LogP contribution in [0.15, 0.2) is 255 Å². The molecule has 14 aromatic rings. The van der Waals surface area contributed by atoms with Gasteiger partial charge < -0.3 is 0 Å². The molecule has 0 bridgehead atoms.